The number of carbonyl (C=O) groups excluding carboxylic acids is 1. The van der Waals surface area contributed by atoms with E-state index in [-0.39, 0.29) is 5.78 Å². The lowest BCUT2D eigenvalue weighted by Crippen LogP contribution is -1.98. The van der Waals surface area contributed by atoms with Gasteiger partial charge in [0.25, 0.3) is 0 Å². The molecule has 0 atom stereocenters. The van der Waals surface area contributed by atoms with Crippen molar-refractivity contribution in [1.82, 2.24) is 0 Å². The molecular weight excluding hydrogens is 360 g/mol. The number of ether oxygens (including phenoxy) is 2. The molecule has 0 saturated heterocycles. The van der Waals surface area contributed by atoms with Crippen LogP contribution in [-0.4, -0.2) is 5.78 Å². The van der Waals surface area contributed by atoms with Gasteiger partial charge in [-0.2, -0.15) is 0 Å². The maximum absolute atomic E-state index is 12.6. The van der Waals surface area contributed by atoms with Crippen molar-refractivity contribution in [2.24, 2.45) is 0 Å². The highest BCUT2D eigenvalue weighted by molar-refractivity contribution is 6.31. The summed E-state index contributed by atoms with van der Waals surface area (Å²) in [5, 5.41) is 0.661. The molecule has 4 heteroatoms. The number of Topliss-reactive ketones (excluding diaryl/α,β-unsaturated/α-hetero) is 1. The van der Waals surface area contributed by atoms with Gasteiger partial charge in [-0.15, -0.1) is 0 Å². The number of carbonyl (C=O) groups is 1. The molecule has 0 aliphatic carbocycles. The Bertz CT molecular complexity index is 1050. The zero-order chi connectivity index (χ0) is 18.8. The molecule has 1 aliphatic heterocycles. The summed E-state index contributed by atoms with van der Waals surface area (Å²) in [6.45, 7) is 2.36. The van der Waals surface area contributed by atoms with Gasteiger partial charge in [0.05, 0.1) is 5.56 Å². The minimum Gasteiger partial charge on any atom is -0.489 e. The first-order valence-electron chi connectivity index (χ1n) is 8.61. The van der Waals surface area contributed by atoms with Crippen molar-refractivity contribution in [3.05, 3.63) is 99.8 Å². The van der Waals surface area contributed by atoms with Crippen LogP contribution in [-0.2, 0) is 6.61 Å². The molecule has 3 nitrogen and oxygen atoms in total. The highest BCUT2D eigenvalue weighted by Gasteiger charge is 2.27. The Hall–Kier alpha value is -3.04. The predicted molar refractivity (Wildman–Crippen MR) is 106 cm³/mol. The van der Waals surface area contributed by atoms with Crippen LogP contribution in [0.5, 0.6) is 11.5 Å². The fourth-order valence-corrected chi connectivity index (χ4v) is 3.14. The fourth-order valence-electron chi connectivity index (χ4n) is 2.94. The van der Waals surface area contributed by atoms with Gasteiger partial charge in [-0.05, 0) is 36.8 Å². The average molecular weight is 377 g/mol. The lowest BCUT2D eigenvalue weighted by molar-refractivity contribution is 0.101. The van der Waals surface area contributed by atoms with E-state index in [1.165, 1.54) is 0 Å². The molecule has 134 valence electrons. The molecule has 3 aromatic rings. The molecule has 0 saturated carbocycles. The average Bonchev–Trinajstić information content (AvgIpc) is 2.96. The molecule has 0 amide bonds. The van der Waals surface area contributed by atoms with E-state index in [1.54, 1.807) is 24.3 Å². The molecule has 1 heterocycles. The van der Waals surface area contributed by atoms with E-state index in [9.17, 15) is 4.79 Å². The molecule has 0 radical (unpaired) electrons. The number of allylic oxidation sites excluding steroid dienone is 1. The van der Waals surface area contributed by atoms with Crippen LogP contribution < -0.4 is 9.47 Å². The quantitative estimate of drug-likeness (QED) is 0.536. The van der Waals surface area contributed by atoms with Gasteiger partial charge in [0, 0.05) is 16.7 Å². The third-order valence-corrected chi connectivity index (χ3v) is 4.70. The third kappa shape index (κ3) is 3.74. The smallest absolute Gasteiger partial charge is 0.231 e. The van der Waals surface area contributed by atoms with Crippen molar-refractivity contribution >= 4 is 23.5 Å². The third-order valence-electron chi connectivity index (χ3n) is 4.33. The highest BCUT2D eigenvalue weighted by atomic mass is 35.5. The Morgan fingerprint density at radius 3 is 2.70 bits per heavy atom. The molecule has 1 aliphatic rings. The maximum Gasteiger partial charge on any atom is 0.231 e. The molecule has 27 heavy (non-hydrogen) atoms. The van der Waals surface area contributed by atoms with E-state index in [2.05, 4.69) is 0 Å². The standard InChI is InChI=1S/C23H17ClO3/c1-15-5-4-6-16(11-15)12-22-23(25)19-10-9-18(13-21(19)27-22)26-14-17-7-2-3-8-20(17)24/h2-13H,14H2,1H3/b22-12-. The van der Waals surface area contributed by atoms with E-state index in [4.69, 9.17) is 21.1 Å². The molecule has 0 spiro atoms. The Labute approximate surface area is 162 Å². The van der Waals surface area contributed by atoms with Crippen molar-refractivity contribution in [3.63, 3.8) is 0 Å². The van der Waals surface area contributed by atoms with Crippen LogP contribution in [0.15, 0.2) is 72.5 Å². The SMILES string of the molecule is Cc1cccc(/C=C2\Oc3cc(OCc4ccccc4Cl)ccc3C2=O)c1. The summed E-state index contributed by atoms with van der Waals surface area (Å²) in [6.07, 6.45) is 1.76. The Morgan fingerprint density at radius 2 is 1.89 bits per heavy atom. The molecule has 0 bridgehead atoms. The number of ketones is 1. The van der Waals surface area contributed by atoms with E-state index < -0.39 is 0 Å². The van der Waals surface area contributed by atoms with Crippen LogP contribution in [0.3, 0.4) is 0 Å². The number of hydrogen-bond donors (Lipinski definition) is 0. The van der Waals surface area contributed by atoms with Crippen molar-refractivity contribution < 1.29 is 14.3 Å². The van der Waals surface area contributed by atoms with Crippen LogP contribution in [0.25, 0.3) is 6.08 Å². The molecular formula is C23H17ClO3. The molecule has 0 aromatic heterocycles. The van der Waals surface area contributed by atoms with Crippen molar-refractivity contribution in [1.29, 1.82) is 0 Å². The van der Waals surface area contributed by atoms with Crippen LogP contribution >= 0.6 is 11.6 Å². The molecule has 3 aromatic carbocycles. The summed E-state index contributed by atoms with van der Waals surface area (Å²) in [7, 11) is 0. The second-order valence-corrected chi connectivity index (χ2v) is 6.80. The summed E-state index contributed by atoms with van der Waals surface area (Å²) in [5.74, 6) is 1.33. The van der Waals surface area contributed by atoms with Gasteiger partial charge in [-0.25, -0.2) is 0 Å². The lowest BCUT2D eigenvalue weighted by Gasteiger charge is -2.08. The minimum atomic E-state index is -0.121. The van der Waals surface area contributed by atoms with Gasteiger partial charge >= 0.3 is 0 Å². The lowest BCUT2D eigenvalue weighted by atomic mass is 10.1. The number of fused-ring (bicyclic) bond motifs is 1. The highest BCUT2D eigenvalue weighted by Crippen LogP contribution is 2.35. The number of aryl methyl sites for hydroxylation is 1. The minimum absolute atomic E-state index is 0.121. The van der Waals surface area contributed by atoms with Crippen LogP contribution in [0.2, 0.25) is 5.02 Å². The van der Waals surface area contributed by atoms with Gasteiger partial charge in [-0.1, -0.05) is 59.6 Å². The van der Waals surface area contributed by atoms with Gasteiger partial charge in [-0.3, -0.25) is 4.79 Å². The van der Waals surface area contributed by atoms with E-state index in [0.29, 0.717) is 34.5 Å². The molecule has 0 fully saturated rings. The van der Waals surface area contributed by atoms with Crippen LogP contribution in [0, 0.1) is 6.92 Å². The summed E-state index contributed by atoms with van der Waals surface area (Å²) in [4.78, 5) is 12.6. The zero-order valence-corrected chi connectivity index (χ0v) is 15.5. The van der Waals surface area contributed by atoms with Crippen molar-refractivity contribution in [2.45, 2.75) is 13.5 Å². The predicted octanol–water partition coefficient (Wildman–Crippen LogP) is 5.84. The monoisotopic (exact) mass is 376 g/mol. The van der Waals surface area contributed by atoms with E-state index in [0.717, 1.165) is 16.7 Å². The molecule has 0 unspecified atom stereocenters. The van der Waals surface area contributed by atoms with E-state index in [1.807, 2.05) is 55.5 Å². The van der Waals surface area contributed by atoms with Gasteiger partial charge in [0.1, 0.15) is 18.1 Å². The second kappa shape index (κ2) is 7.29. The fraction of sp³-hybridized carbons (Fsp3) is 0.0870. The van der Waals surface area contributed by atoms with E-state index >= 15 is 0 Å². The van der Waals surface area contributed by atoms with Gasteiger partial charge < -0.3 is 9.47 Å². The van der Waals surface area contributed by atoms with Crippen LogP contribution in [0.1, 0.15) is 27.0 Å². The number of hydrogen-bond acceptors (Lipinski definition) is 3. The van der Waals surface area contributed by atoms with Crippen molar-refractivity contribution in [3.8, 4) is 11.5 Å². The van der Waals surface area contributed by atoms with Crippen molar-refractivity contribution in [2.75, 3.05) is 0 Å². The van der Waals surface area contributed by atoms with Gasteiger partial charge in [0.15, 0.2) is 5.76 Å². The van der Waals surface area contributed by atoms with Crippen LogP contribution in [0.4, 0.5) is 0 Å². The first-order chi connectivity index (χ1) is 13.1. The van der Waals surface area contributed by atoms with Gasteiger partial charge in [0.2, 0.25) is 5.78 Å². The summed E-state index contributed by atoms with van der Waals surface area (Å²) in [6, 6.07) is 20.7. The summed E-state index contributed by atoms with van der Waals surface area (Å²) < 4.78 is 11.6. The zero-order valence-electron chi connectivity index (χ0n) is 14.7. The number of benzene rings is 3. The Morgan fingerprint density at radius 1 is 1.04 bits per heavy atom. The number of halogens is 1. The summed E-state index contributed by atoms with van der Waals surface area (Å²) >= 11 is 6.15. The second-order valence-electron chi connectivity index (χ2n) is 6.39. The first kappa shape index (κ1) is 17.4. The Balaban J connectivity index is 1.53. The number of rotatable bonds is 4. The largest absolute Gasteiger partial charge is 0.489 e. The topological polar surface area (TPSA) is 35.5 Å². The Kier molecular flexibility index (Phi) is 4.69. The first-order valence-corrected chi connectivity index (χ1v) is 8.99. The molecule has 4 rings (SSSR count). The molecule has 0 N–H and O–H groups in total. The maximum atomic E-state index is 12.6. The normalized spacial score (nSPS) is 14.1. The summed E-state index contributed by atoms with van der Waals surface area (Å²) in [5.41, 5.74) is 3.50.